The van der Waals surface area contributed by atoms with E-state index in [4.69, 9.17) is 5.11 Å². The summed E-state index contributed by atoms with van der Waals surface area (Å²) in [6.07, 6.45) is 2.54. The van der Waals surface area contributed by atoms with Gasteiger partial charge < -0.3 is 5.11 Å². The summed E-state index contributed by atoms with van der Waals surface area (Å²) in [5, 5.41) is 8.85. The first-order valence-electron chi connectivity index (χ1n) is 6.59. The van der Waals surface area contributed by atoms with Crippen LogP contribution in [-0.2, 0) is 4.79 Å². The maximum Gasteiger partial charge on any atom is 0.303 e. The van der Waals surface area contributed by atoms with Crippen LogP contribution in [0.2, 0.25) is 0 Å². The van der Waals surface area contributed by atoms with Gasteiger partial charge in [-0.1, -0.05) is 17.7 Å². The lowest BCUT2D eigenvalue weighted by Crippen LogP contribution is -2.11. The number of benzene rings is 1. The summed E-state index contributed by atoms with van der Waals surface area (Å²) in [5.41, 5.74) is 1.42. The third kappa shape index (κ3) is 5.11. The summed E-state index contributed by atoms with van der Waals surface area (Å²) in [6, 6.07) is 8.61. The van der Waals surface area contributed by atoms with Gasteiger partial charge in [-0.2, -0.15) is 11.8 Å². The van der Waals surface area contributed by atoms with Gasteiger partial charge in [0.15, 0.2) is 0 Å². The minimum Gasteiger partial charge on any atom is -0.481 e. The molecule has 1 aliphatic carbocycles. The van der Waals surface area contributed by atoms with E-state index in [1.54, 1.807) is 0 Å². The summed E-state index contributed by atoms with van der Waals surface area (Å²) in [4.78, 5) is 12.1. The van der Waals surface area contributed by atoms with Crippen LogP contribution in [0.1, 0.15) is 24.8 Å². The molecule has 2 rings (SSSR count). The van der Waals surface area contributed by atoms with Crippen molar-refractivity contribution in [3.8, 4) is 0 Å². The van der Waals surface area contributed by atoms with Crippen LogP contribution in [0.25, 0.3) is 0 Å². The van der Waals surface area contributed by atoms with E-state index < -0.39 is 5.97 Å². The van der Waals surface area contributed by atoms with Crippen molar-refractivity contribution >= 4 is 29.5 Å². The van der Waals surface area contributed by atoms with E-state index in [1.807, 2.05) is 23.5 Å². The SMILES string of the molecule is Cc1ccc(SCCSCC2(CC(=O)O)CC2)cc1. The highest BCUT2D eigenvalue weighted by molar-refractivity contribution is 8.03. The molecule has 1 aliphatic rings. The second-order valence-corrected chi connectivity index (χ2v) is 7.56. The van der Waals surface area contributed by atoms with Gasteiger partial charge in [0.05, 0.1) is 6.42 Å². The highest BCUT2D eigenvalue weighted by Crippen LogP contribution is 2.51. The largest absolute Gasteiger partial charge is 0.481 e. The van der Waals surface area contributed by atoms with Crippen LogP contribution in [0.4, 0.5) is 0 Å². The molecule has 1 aromatic rings. The molecule has 2 nitrogen and oxygen atoms in total. The predicted octanol–water partition coefficient (Wildman–Crippen LogP) is 4.08. The first-order valence-corrected chi connectivity index (χ1v) is 8.73. The van der Waals surface area contributed by atoms with Gasteiger partial charge in [0, 0.05) is 16.4 Å². The van der Waals surface area contributed by atoms with Gasteiger partial charge >= 0.3 is 5.97 Å². The third-order valence-electron chi connectivity index (χ3n) is 3.41. The van der Waals surface area contributed by atoms with E-state index in [2.05, 4.69) is 31.2 Å². The molecule has 0 radical (unpaired) electrons. The number of carboxylic acids is 1. The van der Waals surface area contributed by atoms with Gasteiger partial charge in [-0.15, -0.1) is 11.8 Å². The predicted molar refractivity (Wildman–Crippen MR) is 83.1 cm³/mol. The van der Waals surface area contributed by atoms with E-state index in [-0.39, 0.29) is 5.41 Å². The highest BCUT2D eigenvalue weighted by atomic mass is 32.2. The molecule has 0 amide bonds. The second-order valence-electron chi connectivity index (χ2n) is 5.28. The summed E-state index contributed by atoms with van der Waals surface area (Å²) in [7, 11) is 0. The Labute approximate surface area is 123 Å². The van der Waals surface area contributed by atoms with Crippen LogP contribution >= 0.6 is 23.5 Å². The number of carboxylic acid groups (broad SMARTS) is 1. The fraction of sp³-hybridized carbons (Fsp3) is 0.533. The van der Waals surface area contributed by atoms with Crippen LogP contribution in [-0.4, -0.2) is 28.3 Å². The van der Waals surface area contributed by atoms with Crippen molar-refractivity contribution < 1.29 is 9.90 Å². The Hall–Kier alpha value is -0.610. The minimum atomic E-state index is -0.646. The molecule has 0 saturated heterocycles. The number of rotatable bonds is 8. The third-order valence-corrected chi connectivity index (χ3v) is 5.99. The average molecular weight is 296 g/mol. The molecule has 1 aromatic carbocycles. The van der Waals surface area contributed by atoms with Crippen molar-refractivity contribution in [2.24, 2.45) is 5.41 Å². The standard InChI is InChI=1S/C15H20O2S2/c1-12-2-4-13(5-3-12)19-9-8-18-11-15(6-7-15)10-14(16)17/h2-5H,6-11H2,1H3,(H,16,17). The lowest BCUT2D eigenvalue weighted by Gasteiger charge is -2.11. The topological polar surface area (TPSA) is 37.3 Å². The van der Waals surface area contributed by atoms with E-state index >= 15 is 0 Å². The molecule has 0 bridgehead atoms. The number of hydrogen-bond acceptors (Lipinski definition) is 3. The Bertz CT molecular complexity index is 424. The van der Waals surface area contributed by atoms with E-state index in [0.717, 1.165) is 30.1 Å². The van der Waals surface area contributed by atoms with Gasteiger partial charge in [0.2, 0.25) is 0 Å². The zero-order chi connectivity index (χ0) is 13.7. The zero-order valence-corrected chi connectivity index (χ0v) is 12.9. The fourth-order valence-corrected chi connectivity index (χ4v) is 4.35. The number of aliphatic carboxylic acids is 1. The van der Waals surface area contributed by atoms with Crippen LogP contribution in [0, 0.1) is 12.3 Å². The summed E-state index contributed by atoms with van der Waals surface area (Å²) in [5.74, 6) is 2.55. The molecule has 1 N–H and O–H groups in total. The molecular formula is C15H20O2S2. The maximum absolute atomic E-state index is 10.7. The molecule has 1 fully saturated rings. The lowest BCUT2D eigenvalue weighted by molar-refractivity contribution is -0.138. The van der Waals surface area contributed by atoms with Crippen molar-refractivity contribution in [2.75, 3.05) is 17.3 Å². The maximum atomic E-state index is 10.7. The number of aryl methyl sites for hydroxylation is 1. The van der Waals surface area contributed by atoms with Crippen LogP contribution in [0.15, 0.2) is 29.2 Å². The number of carbonyl (C=O) groups is 1. The average Bonchev–Trinajstić information content (AvgIpc) is 3.10. The Morgan fingerprint density at radius 2 is 1.95 bits per heavy atom. The Kier molecular flexibility index (Phi) is 5.22. The van der Waals surface area contributed by atoms with E-state index in [1.165, 1.54) is 10.5 Å². The van der Waals surface area contributed by atoms with Crippen molar-refractivity contribution in [1.29, 1.82) is 0 Å². The van der Waals surface area contributed by atoms with Crippen LogP contribution in [0.5, 0.6) is 0 Å². The minimum absolute atomic E-state index is 0.130. The molecule has 0 atom stereocenters. The lowest BCUT2D eigenvalue weighted by atomic mass is 10.1. The molecule has 0 unspecified atom stereocenters. The highest BCUT2D eigenvalue weighted by Gasteiger charge is 2.43. The van der Waals surface area contributed by atoms with Crippen molar-refractivity contribution in [2.45, 2.75) is 31.1 Å². The van der Waals surface area contributed by atoms with Crippen LogP contribution < -0.4 is 0 Å². The molecule has 1 saturated carbocycles. The molecule has 0 aliphatic heterocycles. The first kappa shape index (κ1) is 14.8. The first-order chi connectivity index (χ1) is 9.10. The monoisotopic (exact) mass is 296 g/mol. The van der Waals surface area contributed by atoms with Crippen molar-refractivity contribution in [3.63, 3.8) is 0 Å². The summed E-state index contributed by atoms with van der Waals surface area (Å²) >= 11 is 3.78. The van der Waals surface area contributed by atoms with E-state index in [9.17, 15) is 4.79 Å². The van der Waals surface area contributed by atoms with Gasteiger partial charge in [-0.05, 0) is 43.1 Å². The molecule has 19 heavy (non-hydrogen) atoms. The van der Waals surface area contributed by atoms with Gasteiger partial charge in [-0.25, -0.2) is 0 Å². The van der Waals surface area contributed by atoms with Crippen molar-refractivity contribution in [1.82, 2.24) is 0 Å². The quantitative estimate of drug-likeness (QED) is 0.579. The van der Waals surface area contributed by atoms with Crippen LogP contribution in [0.3, 0.4) is 0 Å². The Balaban J connectivity index is 1.60. The Morgan fingerprint density at radius 1 is 1.26 bits per heavy atom. The van der Waals surface area contributed by atoms with Gasteiger partial charge in [0.1, 0.15) is 0 Å². The zero-order valence-electron chi connectivity index (χ0n) is 11.2. The Morgan fingerprint density at radius 3 is 2.53 bits per heavy atom. The summed E-state index contributed by atoms with van der Waals surface area (Å²) in [6.45, 7) is 2.10. The molecule has 104 valence electrons. The normalized spacial score (nSPS) is 16.3. The molecule has 0 spiro atoms. The van der Waals surface area contributed by atoms with Crippen molar-refractivity contribution in [3.05, 3.63) is 29.8 Å². The van der Waals surface area contributed by atoms with Gasteiger partial charge in [-0.3, -0.25) is 4.79 Å². The summed E-state index contributed by atoms with van der Waals surface area (Å²) < 4.78 is 0. The fourth-order valence-electron chi connectivity index (χ4n) is 2.01. The molecule has 0 heterocycles. The molecule has 0 aromatic heterocycles. The smallest absolute Gasteiger partial charge is 0.303 e. The number of thioether (sulfide) groups is 2. The molecular weight excluding hydrogens is 276 g/mol. The van der Waals surface area contributed by atoms with E-state index in [0.29, 0.717) is 6.42 Å². The second kappa shape index (κ2) is 6.71. The molecule has 4 heteroatoms. The number of hydrogen-bond donors (Lipinski definition) is 1. The van der Waals surface area contributed by atoms with Gasteiger partial charge in [0.25, 0.3) is 0 Å².